The molecule has 23 heavy (non-hydrogen) atoms. The molecule has 0 saturated heterocycles. The third-order valence-corrected chi connectivity index (χ3v) is 3.50. The first-order valence-corrected chi connectivity index (χ1v) is 8.81. The molecule has 132 valence electrons. The van der Waals surface area contributed by atoms with Crippen molar-refractivity contribution < 1.29 is 9.53 Å². The average molecular weight is 322 g/mol. The number of nitriles is 1. The molecule has 0 atom stereocenters. The number of esters is 1. The van der Waals surface area contributed by atoms with Crippen LogP contribution in [0.15, 0.2) is 24.3 Å². The molecular formula is C20H35NO2. The lowest BCUT2D eigenvalue weighted by Crippen LogP contribution is -2.03. The minimum atomic E-state index is -0.258. The number of allylic oxidation sites excluding steroid dienone is 1. The third-order valence-electron chi connectivity index (χ3n) is 3.50. The average Bonchev–Trinajstić information content (AvgIpc) is 2.56. The fourth-order valence-electron chi connectivity index (χ4n) is 2.07. The smallest absolute Gasteiger partial charge is 0.333 e. The summed E-state index contributed by atoms with van der Waals surface area (Å²) >= 11 is 0. The van der Waals surface area contributed by atoms with Crippen molar-refractivity contribution in [2.45, 2.75) is 84.5 Å². The molecule has 0 aromatic heterocycles. The van der Waals surface area contributed by atoms with Gasteiger partial charge < -0.3 is 4.74 Å². The van der Waals surface area contributed by atoms with E-state index in [1.807, 2.05) is 6.07 Å². The SMILES string of the molecule is C=C(C)C#N.C=C(CCCCCCCCCCCC)C(=O)OC. The maximum Gasteiger partial charge on any atom is 0.333 e. The second-order valence-electron chi connectivity index (χ2n) is 5.92. The molecule has 0 radical (unpaired) electrons. The highest BCUT2D eigenvalue weighted by Crippen LogP contribution is 2.13. The zero-order chi connectivity index (χ0) is 17.9. The first-order chi connectivity index (χ1) is 11.0. The molecule has 0 fully saturated rings. The molecule has 0 aliphatic rings. The summed E-state index contributed by atoms with van der Waals surface area (Å²) in [7, 11) is 1.41. The number of rotatable bonds is 12. The molecule has 0 heterocycles. The zero-order valence-electron chi connectivity index (χ0n) is 15.5. The molecule has 0 spiro atoms. The Morgan fingerprint density at radius 3 is 1.70 bits per heavy atom. The zero-order valence-corrected chi connectivity index (χ0v) is 15.5. The van der Waals surface area contributed by atoms with Crippen molar-refractivity contribution >= 4 is 5.97 Å². The van der Waals surface area contributed by atoms with Crippen molar-refractivity contribution in [2.75, 3.05) is 7.11 Å². The molecule has 0 aromatic rings. The van der Waals surface area contributed by atoms with E-state index in [1.165, 1.54) is 64.9 Å². The fraction of sp³-hybridized carbons (Fsp3) is 0.700. The Morgan fingerprint density at radius 2 is 1.35 bits per heavy atom. The predicted octanol–water partition coefficient (Wildman–Crippen LogP) is 6.11. The van der Waals surface area contributed by atoms with Gasteiger partial charge in [0.05, 0.1) is 13.2 Å². The number of hydrogen-bond donors (Lipinski definition) is 0. The second kappa shape index (κ2) is 18.5. The summed E-state index contributed by atoms with van der Waals surface area (Å²) < 4.78 is 4.62. The summed E-state index contributed by atoms with van der Waals surface area (Å²) in [6, 6.07) is 1.83. The van der Waals surface area contributed by atoms with Gasteiger partial charge in [-0.2, -0.15) is 5.26 Å². The van der Waals surface area contributed by atoms with Crippen LogP contribution in [0.3, 0.4) is 0 Å². The third kappa shape index (κ3) is 20.4. The summed E-state index contributed by atoms with van der Waals surface area (Å²) in [6.45, 7) is 11.0. The number of carbonyl (C=O) groups excluding carboxylic acids is 1. The molecule has 3 nitrogen and oxygen atoms in total. The highest BCUT2D eigenvalue weighted by atomic mass is 16.5. The normalized spacial score (nSPS) is 9.30. The Balaban J connectivity index is 0. The van der Waals surface area contributed by atoms with Crippen molar-refractivity contribution in [3.63, 3.8) is 0 Å². The van der Waals surface area contributed by atoms with Gasteiger partial charge in [-0.1, -0.05) is 77.9 Å². The van der Waals surface area contributed by atoms with E-state index in [9.17, 15) is 4.79 Å². The second-order valence-corrected chi connectivity index (χ2v) is 5.92. The van der Waals surface area contributed by atoms with Gasteiger partial charge in [-0.25, -0.2) is 4.79 Å². The van der Waals surface area contributed by atoms with Crippen LogP contribution in [0.25, 0.3) is 0 Å². The minimum Gasteiger partial charge on any atom is -0.466 e. The van der Waals surface area contributed by atoms with Crippen LogP contribution in [0.5, 0.6) is 0 Å². The lowest BCUT2D eigenvalue weighted by molar-refractivity contribution is -0.136. The Kier molecular flexibility index (Phi) is 19.1. The lowest BCUT2D eigenvalue weighted by atomic mass is 10.0. The Hall–Kier alpha value is -1.56. The lowest BCUT2D eigenvalue weighted by Gasteiger charge is -2.04. The highest BCUT2D eigenvalue weighted by Gasteiger charge is 2.05. The quantitative estimate of drug-likeness (QED) is 0.188. The Morgan fingerprint density at radius 1 is 0.957 bits per heavy atom. The molecule has 0 aromatic carbocycles. The molecule has 0 bridgehead atoms. The largest absolute Gasteiger partial charge is 0.466 e. The van der Waals surface area contributed by atoms with Crippen LogP contribution in [0.4, 0.5) is 0 Å². The van der Waals surface area contributed by atoms with Crippen molar-refractivity contribution in [3.05, 3.63) is 24.3 Å². The van der Waals surface area contributed by atoms with Gasteiger partial charge in [-0.15, -0.1) is 0 Å². The van der Waals surface area contributed by atoms with Gasteiger partial charge in [0, 0.05) is 11.1 Å². The van der Waals surface area contributed by atoms with E-state index < -0.39 is 0 Å². The molecule has 0 unspecified atom stereocenters. The van der Waals surface area contributed by atoms with E-state index in [0.29, 0.717) is 11.1 Å². The number of ether oxygens (including phenoxy) is 1. The summed E-state index contributed by atoms with van der Waals surface area (Å²) in [6.07, 6.45) is 13.9. The van der Waals surface area contributed by atoms with Gasteiger partial charge in [-0.3, -0.25) is 0 Å². The van der Waals surface area contributed by atoms with Crippen LogP contribution in [-0.4, -0.2) is 13.1 Å². The summed E-state index contributed by atoms with van der Waals surface area (Å²) in [5.41, 5.74) is 1.17. The molecule has 0 rings (SSSR count). The maximum absolute atomic E-state index is 11.1. The van der Waals surface area contributed by atoms with Crippen LogP contribution in [0.1, 0.15) is 84.5 Å². The standard InChI is InChI=1S/C16H30O2.C4H5N/c1-4-5-6-7-8-9-10-11-12-13-14-15(2)16(17)18-3;1-4(2)3-5/h2,4-14H2,1,3H3;1H2,2H3. The highest BCUT2D eigenvalue weighted by molar-refractivity contribution is 5.87. The predicted molar refractivity (Wildman–Crippen MR) is 98.0 cm³/mol. The maximum atomic E-state index is 11.1. The van der Waals surface area contributed by atoms with Crippen molar-refractivity contribution in [2.24, 2.45) is 0 Å². The van der Waals surface area contributed by atoms with Gasteiger partial charge in [0.1, 0.15) is 0 Å². The van der Waals surface area contributed by atoms with Crippen LogP contribution >= 0.6 is 0 Å². The molecule has 3 heteroatoms. The van der Waals surface area contributed by atoms with Crippen LogP contribution < -0.4 is 0 Å². The molecule has 0 aliphatic heterocycles. The molecule has 0 aliphatic carbocycles. The number of hydrogen-bond acceptors (Lipinski definition) is 3. The number of methoxy groups -OCH3 is 1. The van der Waals surface area contributed by atoms with Crippen molar-refractivity contribution in [1.29, 1.82) is 5.26 Å². The number of nitrogens with zero attached hydrogens (tertiary/aromatic N) is 1. The molecule has 0 amide bonds. The van der Waals surface area contributed by atoms with Crippen molar-refractivity contribution in [3.8, 4) is 6.07 Å². The van der Waals surface area contributed by atoms with Gasteiger partial charge >= 0.3 is 5.97 Å². The van der Waals surface area contributed by atoms with E-state index in [2.05, 4.69) is 24.8 Å². The molecular weight excluding hydrogens is 286 g/mol. The summed E-state index contributed by atoms with van der Waals surface area (Å²) in [5, 5.41) is 7.79. The van der Waals surface area contributed by atoms with E-state index in [1.54, 1.807) is 6.92 Å². The first kappa shape index (κ1) is 23.7. The first-order valence-electron chi connectivity index (χ1n) is 8.81. The Labute approximate surface area is 143 Å². The van der Waals surface area contributed by atoms with E-state index in [-0.39, 0.29) is 5.97 Å². The molecule has 0 N–H and O–H groups in total. The van der Waals surface area contributed by atoms with Gasteiger partial charge in [-0.05, 0) is 19.8 Å². The van der Waals surface area contributed by atoms with E-state index >= 15 is 0 Å². The monoisotopic (exact) mass is 321 g/mol. The van der Waals surface area contributed by atoms with E-state index in [0.717, 1.165) is 12.8 Å². The summed E-state index contributed by atoms with van der Waals surface area (Å²) in [5.74, 6) is -0.258. The van der Waals surface area contributed by atoms with Crippen LogP contribution in [0.2, 0.25) is 0 Å². The fourth-order valence-corrected chi connectivity index (χ4v) is 2.07. The minimum absolute atomic E-state index is 0.258. The Bertz CT molecular complexity index is 366. The van der Waals surface area contributed by atoms with Crippen LogP contribution in [0, 0.1) is 11.3 Å². The van der Waals surface area contributed by atoms with Crippen molar-refractivity contribution in [1.82, 2.24) is 0 Å². The van der Waals surface area contributed by atoms with Crippen LogP contribution in [-0.2, 0) is 9.53 Å². The van der Waals surface area contributed by atoms with Gasteiger partial charge in [0.2, 0.25) is 0 Å². The van der Waals surface area contributed by atoms with E-state index in [4.69, 9.17) is 5.26 Å². The number of carbonyl (C=O) groups is 1. The number of unbranched alkanes of at least 4 members (excludes halogenated alkanes) is 9. The molecule has 0 saturated carbocycles. The van der Waals surface area contributed by atoms with Gasteiger partial charge in [0.25, 0.3) is 0 Å². The topological polar surface area (TPSA) is 50.1 Å². The van der Waals surface area contributed by atoms with Gasteiger partial charge in [0.15, 0.2) is 0 Å². The summed E-state index contributed by atoms with van der Waals surface area (Å²) in [4.78, 5) is 11.1.